The highest BCUT2D eigenvalue weighted by Gasteiger charge is 2.30. The molecule has 0 aromatic heterocycles. The normalized spacial score (nSPS) is 15.4. The van der Waals surface area contributed by atoms with Gasteiger partial charge in [0.1, 0.15) is 0 Å². The minimum Gasteiger partial charge on any atom is -0.348 e. The molecule has 1 amide bonds. The van der Waals surface area contributed by atoms with Gasteiger partial charge in [-0.25, -0.2) is 13.1 Å². The molecule has 0 radical (unpaired) electrons. The van der Waals surface area contributed by atoms with Crippen molar-refractivity contribution in [2.75, 3.05) is 0 Å². The number of benzene rings is 2. The van der Waals surface area contributed by atoms with E-state index in [0.717, 1.165) is 37.8 Å². The van der Waals surface area contributed by atoms with Gasteiger partial charge in [-0.3, -0.25) is 4.79 Å². The fourth-order valence-corrected chi connectivity index (χ4v) is 4.63. The predicted octanol–water partition coefficient (Wildman–Crippen LogP) is 3.86. The highest BCUT2D eigenvalue weighted by molar-refractivity contribution is 7.89. The van der Waals surface area contributed by atoms with Crippen LogP contribution in [-0.4, -0.2) is 20.4 Å². The first kappa shape index (κ1) is 21.3. The summed E-state index contributed by atoms with van der Waals surface area (Å²) in [6, 6.07) is 10.1. The van der Waals surface area contributed by atoms with Crippen LogP contribution in [0.1, 0.15) is 47.2 Å². The van der Waals surface area contributed by atoms with Crippen LogP contribution >= 0.6 is 0 Å². The van der Waals surface area contributed by atoms with Crippen molar-refractivity contribution >= 4 is 15.9 Å². The molecule has 3 rings (SSSR count). The number of rotatable bonds is 6. The average molecular weight is 426 g/mol. The van der Waals surface area contributed by atoms with Crippen LogP contribution < -0.4 is 10.0 Å². The van der Waals surface area contributed by atoms with Crippen molar-refractivity contribution in [3.63, 3.8) is 0 Å². The van der Waals surface area contributed by atoms with Gasteiger partial charge in [-0.15, -0.1) is 0 Å². The Balaban J connectivity index is 1.68. The van der Waals surface area contributed by atoms with Crippen molar-refractivity contribution in [3.05, 3.63) is 65.2 Å². The molecule has 0 bridgehead atoms. The van der Waals surface area contributed by atoms with Crippen LogP contribution in [-0.2, 0) is 22.7 Å². The summed E-state index contributed by atoms with van der Waals surface area (Å²) in [5, 5.41) is 2.52. The molecular formula is C20H21F3N2O3S. The zero-order chi connectivity index (χ0) is 21.1. The van der Waals surface area contributed by atoms with E-state index in [4.69, 9.17) is 0 Å². The molecule has 1 aliphatic rings. The number of nitrogens with one attached hydrogen (secondary N) is 2. The molecule has 1 aliphatic carbocycles. The monoisotopic (exact) mass is 426 g/mol. The standard InChI is InChI=1S/C20H21F3N2O3S/c21-20(22,23)16-7-3-5-14(11-16)13-24-19(26)15-6-4-10-18(12-15)29(27,28)25-17-8-1-2-9-17/h3-7,10-12,17,25H,1-2,8-9,13H2,(H,24,26). The zero-order valence-electron chi connectivity index (χ0n) is 15.5. The summed E-state index contributed by atoms with van der Waals surface area (Å²) >= 11 is 0. The van der Waals surface area contributed by atoms with Gasteiger partial charge in [0.15, 0.2) is 0 Å². The fourth-order valence-electron chi connectivity index (χ4n) is 3.28. The summed E-state index contributed by atoms with van der Waals surface area (Å²) in [6.45, 7) is -0.111. The van der Waals surface area contributed by atoms with Crippen LogP contribution in [0, 0.1) is 0 Å². The fraction of sp³-hybridized carbons (Fsp3) is 0.350. The molecule has 0 unspecified atom stereocenters. The summed E-state index contributed by atoms with van der Waals surface area (Å²) in [5.41, 5.74) is -0.388. The Bertz CT molecular complexity index is 984. The molecule has 2 N–H and O–H groups in total. The Morgan fingerprint density at radius 2 is 1.72 bits per heavy atom. The van der Waals surface area contributed by atoms with E-state index in [0.29, 0.717) is 5.56 Å². The van der Waals surface area contributed by atoms with Gasteiger partial charge in [-0.1, -0.05) is 31.0 Å². The van der Waals surface area contributed by atoms with Crippen LogP contribution in [0.5, 0.6) is 0 Å². The third-order valence-electron chi connectivity index (χ3n) is 4.79. The van der Waals surface area contributed by atoms with E-state index in [1.165, 1.54) is 36.4 Å². The Morgan fingerprint density at radius 3 is 2.41 bits per heavy atom. The van der Waals surface area contributed by atoms with Gasteiger partial charge in [0.25, 0.3) is 5.91 Å². The molecule has 1 fully saturated rings. The maximum Gasteiger partial charge on any atom is 0.416 e. The zero-order valence-corrected chi connectivity index (χ0v) is 16.3. The van der Waals surface area contributed by atoms with Crippen LogP contribution in [0.25, 0.3) is 0 Å². The van der Waals surface area contributed by atoms with E-state index in [1.807, 2.05) is 0 Å². The van der Waals surface area contributed by atoms with Gasteiger partial charge in [0, 0.05) is 18.2 Å². The first-order valence-electron chi connectivity index (χ1n) is 9.22. The van der Waals surface area contributed by atoms with Crippen molar-refractivity contribution in [2.45, 2.75) is 49.3 Å². The van der Waals surface area contributed by atoms with Crippen molar-refractivity contribution in [1.82, 2.24) is 10.0 Å². The molecule has 0 atom stereocenters. The number of hydrogen-bond acceptors (Lipinski definition) is 3. The number of carbonyl (C=O) groups is 1. The molecular weight excluding hydrogens is 405 g/mol. The first-order valence-corrected chi connectivity index (χ1v) is 10.7. The molecule has 156 valence electrons. The third-order valence-corrected chi connectivity index (χ3v) is 6.31. The maximum absolute atomic E-state index is 12.8. The Labute approximate surface area is 167 Å². The van der Waals surface area contributed by atoms with E-state index in [2.05, 4.69) is 10.0 Å². The summed E-state index contributed by atoms with van der Waals surface area (Å²) in [7, 11) is -3.74. The Hall–Kier alpha value is -2.39. The van der Waals surface area contributed by atoms with E-state index in [-0.39, 0.29) is 23.0 Å². The SMILES string of the molecule is O=C(NCc1cccc(C(F)(F)F)c1)c1cccc(S(=O)(=O)NC2CCCC2)c1. The second-order valence-corrected chi connectivity index (χ2v) is 8.73. The first-order chi connectivity index (χ1) is 13.6. The number of hydrogen-bond donors (Lipinski definition) is 2. The minimum atomic E-state index is -4.46. The average Bonchev–Trinajstić information content (AvgIpc) is 3.18. The number of alkyl halides is 3. The van der Waals surface area contributed by atoms with E-state index in [1.54, 1.807) is 0 Å². The second kappa shape index (κ2) is 8.54. The molecule has 0 saturated heterocycles. The smallest absolute Gasteiger partial charge is 0.348 e. The highest BCUT2D eigenvalue weighted by Crippen LogP contribution is 2.29. The van der Waals surface area contributed by atoms with Crippen LogP contribution in [0.2, 0.25) is 0 Å². The lowest BCUT2D eigenvalue weighted by molar-refractivity contribution is -0.137. The van der Waals surface area contributed by atoms with Crippen LogP contribution in [0.4, 0.5) is 13.2 Å². The number of halogens is 3. The van der Waals surface area contributed by atoms with Gasteiger partial charge in [0.2, 0.25) is 10.0 Å². The highest BCUT2D eigenvalue weighted by atomic mass is 32.2. The maximum atomic E-state index is 12.8. The van der Waals surface area contributed by atoms with Gasteiger partial charge in [0.05, 0.1) is 10.5 Å². The third kappa shape index (κ3) is 5.57. The Kier molecular flexibility index (Phi) is 6.28. The van der Waals surface area contributed by atoms with Gasteiger partial charge in [-0.05, 0) is 48.7 Å². The lowest BCUT2D eigenvalue weighted by Crippen LogP contribution is -2.32. The second-order valence-electron chi connectivity index (χ2n) is 7.01. The summed E-state index contributed by atoms with van der Waals surface area (Å²) < 4.78 is 66.0. The van der Waals surface area contributed by atoms with Crippen molar-refractivity contribution in [1.29, 1.82) is 0 Å². The number of carbonyl (C=O) groups excluding carboxylic acids is 1. The largest absolute Gasteiger partial charge is 0.416 e. The predicted molar refractivity (Wildman–Crippen MR) is 102 cm³/mol. The van der Waals surface area contributed by atoms with Crippen LogP contribution in [0.15, 0.2) is 53.4 Å². The molecule has 0 spiro atoms. The summed E-state index contributed by atoms with van der Waals surface area (Å²) in [6.07, 6.45) is -0.932. The number of amides is 1. The summed E-state index contributed by atoms with van der Waals surface area (Å²) in [4.78, 5) is 12.4. The molecule has 5 nitrogen and oxygen atoms in total. The summed E-state index contributed by atoms with van der Waals surface area (Å²) in [5.74, 6) is -0.569. The minimum absolute atomic E-state index is 0.0175. The van der Waals surface area contributed by atoms with Gasteiger partial charge >= 0.3 is 6.18 Å². The van der Waals surface area contributed by atoms with Crippen LogP contribution in [0.3, 0.4) is 0 Å². The Morgan fingerprint density at radius 1 is 1.03 bits per heavy atom. The molecule has 0 heterocycles. The van der Waals surface area contributed by atoms with E-state index in [9.17, 15) is 26.4 Å². The topological polar surface area (TPSA) is 75.3 Å². The lowest BCUT2D eigenvalue weighted by atomic mass is 10.1. The molecule has 9 heteroatoms. The quantitative estimate of drug-likeness (QED) is 0.737. The number of sulfonamides is 1. The molecule has 2 aromatic rings. The molecule has 1 saturated carbocycles. The van der Waals surface area contributed by atoms with Gasteiger partial charge in [-0.2, -0.15) is 13.2 Å². The lowest BCUT2D eigenvalue weighted by Gasteiger charge is -2.13. The van der Waals surface area contributed by atoms with E-state index < -0.39 is 27.7 Å². The van der Waals surface area contributed by atoms with E-state index >= 15 is 0 Å². The molecule has 29 heavy (non-hydrogen) atoms. The van der Waals surface area contributed by atoms with Crippen molar-refractivity contribution in [2.24, 2.45) is 0 Å². The van der Waals surface area contributed by atoms with Gasteiger partial charge < -0.3 is 5.32 Å². The van der Waals surface area contributed by atoms with Crippen molar-refractivity contribution in [3.8, 4) is 0 Å². The molecule has 0 aliphatic heterocycles. The molecule has 2 aromatic carbocycles. The van der Waals surface area contributed by atoms with Crippen molar-refractivity contribution < 1.29 is 26.4 Å².